The van der Waals surface area contributed by atoms with E-state index in [1.807, 2.05) is 30.8 Å². The molecule has 2 aliphatic rings. The molecule has 2 fully saturated rings. The van der Waals surface area contributed by atoms with Crippen molar-refractivity contribution in [3.63, 3.8) is 0 Å². The van der Waals surface area contributed by atoms with E-state index in [0.717, 1.165) is 35.3 Å². The highest BCUT2D eigenvalue weighted by atomic mass is 16.5. The number of rotatable bonds is 5. The van der Waals surface area contributed by atoms with Crippen LogP contribution in [0.25, 0.3) is 5.65 Å². The van der Waals surface area contributed by atoms with Crippen molar-refractivity contribution < 1.29 is 9.53 Å². The molecule has 2 saturated carbocycles. The van der Waals surface area contributed by atoms with Crippen molar-refractivity contribution in [3.8, 4) is 0 Å². The highest BCUT2D eigenvalue weighted by molar-refractivity contribution is 5.76. The van der Waals surface area contributed by atoms with E-state index in [4.69, 9.17) is 4.74 Å². The van der Waals surface area contributed by atoms with Crippen LogP contribution in [0.4, 0.5) is 0 Å². The molecule has 0 aromatic carbocycles. The lowest BCUT2D eigenvalue weighted by molar-refractivity contribution is -0.146. The van der Waals surface area contributed by atoms with Gasteiger partial charge in [-0.3, -0.25) is 4.79 Å². The Morgan fingerprint density at radius 3 is 2.79 bits per heavy atom. The van der Waals surface area contributed by atoms with E-state index in [2.05, 4.69) is 10.1 Å². The van der Waals surface area contributed by atoms with Gasteiger partial charge in [0, 0.05) is 18.0 Å². The Morgan fingerprint density at radius 1 is 1.29 bits per heavy atom. The molecule has 2 atom stereocenters. The first-order valence-corrected chi connectivity index (χ1v) is 9.12. The topological polar surface area (TPSA) is 56.5 Å². The van der Waals surface area contributed by atoms with Gasteiger partial charge in [0.25, 0.3) is 0 Å². The van der Waals surface area contributed by atoms with Gasteiger partial charge in [-0.25, -0.2) is 9.50 Å². The molecular weight excluding hydrogens is 302 g/mol. The summed E-state index contributed by atoms with van der Waals surface area (Å²) in [4.78, 5) is 16.6. The van der Waals surface area contributed by atoms with Gasteiger partial charge in [-0.05, 0) is 56.9 Å². The van der Waals surface area contributed by atoms with Crippen LogP contribution in [0.1, 0.15) is 48.9 Å². The molecule has 0 radical (unpaired) electrons. The molecule has 0 bridgehead atoms. The largest absolute Gasteiger partial charge is 0.465 e. The summed E-state index contributed by atoms with van der Waals surface area (Å²) in [7, 11) is 0. The summed E-state index contributed by atoms with van der Waals surface area (Å²) in [6.07, 6.45) is 10.6. The zero-order valence-electron chi connectivity index (χ0n) is 14.5. The van der Waals surface area contributed by atoms with Crippen molar-refractivity contribution in [1.29, 1.82) is 0 Å². The summed E-state index contributed by atoms with van der Waals surface area (Å²) in [5.41, 5.74) is 4.18. The summed E-state index contributed by atoms with van der Waals surface area (Å²) in [5.74, 6) is 1.51. The first-order chi connectivity index (χ1) is 11.6. The molecule has 0 spiro atoms. The third kappa shape index (κ3) is 2.80. The van der Waals surface area contributed by atoms with Gasteiger partial charge in [0.15, 0.2) is 5.65 Å². The Bertz CT molecular complexity index is 755. The van der Waals surface area contributed by atoms with Crippen molar-refractivity contribution in [2.75, 3.05) is 6.61 Å². The van der Waals surface area contributed by atoms with E-state index in [0.29, 0.717) is 18.4 Å². The van der Waals surface area contributed by atoms with E-state index in [1.165, 1.54) is 25.7 Å². The lowest BCUT2D eigenvalue weighted by Crippen LogP contribution is -2.10. The second-order valence-corrected chi connectivity index (χ2v) is 7.35. The molecule has 0 aliphatic heterocycles. The summed E-state index contributed by atoms with van der Waals surface area (Å²) in [6.45, 7) is 4.54. The minimum Gasteiger partial charge on any atom is -0.465 e. The fourth-order valence-corrected chi connectivity index (χ4v) is 4.21. The zero-order chi connectivity index (χ0) is 16.7. The first-order valence-electron chi connectivity index (χ1n) is 9.12. The molecule has 5 nitrogen and oxygen atoms in total. The van der Waals surface area contributed by atoms with Crippen LogP contribution in [0.5, 0.6) is 0 Å². The van der Waals surface area contributed by atoms with Crippen LogP contribution < -0.4 is 0 Å². The lowest BCUT2D eigenvalue weighted by atomic mass is 10.0. The summed E-state index contributed by atoms with van der Waals surface area (Å²) < 4.78 is 7.36. The molecule has 0 N–H and O–H groups in total. The minimum absolute atomic E-state index is 0.0406. The second kappa shape index (κ2) is 6.19. The summed E-state index contributed by atoms with van der Waals surface area (Å²) >= 11 is 0. The number of carbonyl (C=O) groups excluding carboxylic acids is 1. The van der Waals surface area contributed by atoms with Crippen molar-refractivity contribution in [2.24, 2.45) is 17.8 Å². The number of fused-ring (bicyclic) bond motifs is 2. The monoisotopic (exact) mass is 327 g/mol. The fraction of sp³-hybridized carbons (Fsp3) is 0.632. The SMILES string of the molecule is Cc1nn2cc(CCCOC(=O)C3C4CCCCC43)cnc2c1C. The van der Waals surface area contributed by atoms with Crippen molar-refractivity contribution in [2.45, 2.75) is 52.4 Å². The smallest absolute Gasteiger partial charge is 0.309 e. The van der Waals surface area contributed by atoms with E-state index in [1.54, 1.807) is 0 Å². The number of hydrogen-bond donors (Lipinski definition) is 0. The summed E-state index contributed by atoms with van der Waals surface area (Å²) in [6, 6.07) is 0. The zero-order valence-corrected chi connectivity index (χ0v) is 14.5. The van der Waals surface area contributed by atoms with Gasteiger partial charge in [-0.1, -0.05) is 12.8 Å². The molecule has 5 heteroatoms. The van der Waals surface area contributed by atoms with Crippen molar-refractivity contribution in [3.05, 3.63) is 29.2 Å². The van der Waals surface area contributed by atoms with Gasteiger partial charge in [-0.15, -0.1) is 0 Å². The van der Waals surface area contributed by atoms with Crippen LogP contribution in [-0.4, -0.2) is 27.2 Å². The normalized spacial score (nSPS) is 25.5. The minimum atomic E-state index is 0.0406. The Morgan fingerprint density at radius 2 is 2.04 bits per heavy atom. The van der Waals surface area contributed by atoms with Gasteiger partial charge >= 0.3 is 5.97 Å². The molecule has 2 aromatic rings. The Kier molecular flexibility index (Phi) is 4.02. The van der Waals surface area contributed by atoms with Crippen LogP contribution in [-0.2, 0) is 16.0 Å². The van der Waals surface area contributed by atoms with E-state index >= 15 is 0 Å². The second-order valence-electron chi connectivity index (χ2n) is 7.35. The number of esters is 1. The van der Waals surface area contributed by atoms with Gasteiger partial charge in [0.05, 0.1) is 18.2 Å². The maximum atomic E-state index is 12.1. The van der Waals surface area contributed by atoms with Gasteiger partial charge in [0.1, 0.15) is 0 Å². The molecule has 24 heavy (non-hydrogen) atoms. The van der Waals surface area contributed by atoms with Crippen molar-refractivity contribution in [1.82, 2.24) is 14.6 Å². The molecule has 2 heterocycles. The molecule has 0 amide bonds. The predicted molar refractivity (Wildman–Crippen MR) is 90.7 cm³/mol. The Balaban J connectivity index is 1.26. The quantitative estimate of drug-likeness (QED) is 0.625. The molecule has 2 aromatic heterocycles. The van der Waals surface area contributed by atoms with E-state index in [-0.39, 0.29) is 11.9 Å². The van der Waals surface area contributed by atoms with E-state index in [9.17, 15) is 4.79 Å². The summed E-state index contributed by atoms with van der Waals surface area (Å²) in [5, 5.41) is 4.47. The average molecular weight is 327 g/mol. The molecule has 128 valence electrons. The average Bonchev–Trinajstić information content (AvgIpc) is 3.25. The number of hydrogen-bond acceptors (Lipinski definition) is 4. The highest BCUT2D eigenvalue weighted by Gasteiger charge is 2.55. The molecule has 2 aliphatic carbocycles. The fourth-order valence-electron chi connectivity index (χ4n) is 4.21. The number of aromatic nitrogens is 3. The van der Waals surface area contributed by atoms with Gasteiger partial charge in [-0.2, -0.15) is 5.10 Å². The number of carbonyl (C=O) groups is 1. The van der Waals surface area contributed by atoms with E-state index < -0.39 is 0 Å². The van der Waals surface area contributed by atoms with Crippen LogP contribution in [0, 0.1) is 31.6 Å². The van der Waals surface area contributed by atoms with Crippen molar-refractivity contribution >= 4 is 11.6 Å². The lowest BCUT2D eigenvalue weighted by Gasteiger charge is -2.05. The Labute approximate surface area is 142 Å². The van der Waals surface area contributed by atoms with Gasteiger partial charge in [0.2, 0.25) is 0 Å². The van der Waals surface area contributed by atoms with Crippen LogP contribution in [0.3, 0.4) is 0 Å². The van der Waals surface area contributed by atoms with Gasteiger partial charge < -0.3 is 4.74 Å². The first kappa shape index (κ1) is 15.6. The number of ether oxygens (including phenoxy) is 1. The molecule has 0 saturated heterocycles. The van der Waals surface area contributed by atoms with Crippen LogP contribution >= 0.6 is 0 Å². The van der Waals surface area contributed by atoms with Crippen LogP contribution in [0.15, 0.2) is 12.4 Å². The standard InChI is InChI=1S/C19H25N3O2/c1-12-13(2)21-22-11-14(10-20-18(12)22)6-5-9-24-19(23)17-15-7-3-4-8-16(15)17/h10-11,15-17H,3-9H2,1-2H3. The van der Waals surface area contributed by atoms with Crippen LogP contribution in [0.2, 0.25) is 0 Å². The third-order valence-corrected chi connectivity index (χ3v) is 5.78. The number of nitrogens with zero attached hydrogens (tertiary/aromatic N) is 3. The highest BCUT2D eigenvalue weighted by Crippen LogP contribution is 2.55. The Hall–Kier alpha value is -1.91. The molecule has 2 unspecified atom stereocenters. The molecular formula is C19H25N3O2. The predicted octanol–water partition coefficient (Wildman–Crippen LogP) is 3.26. The third-order valence-electron chi connectivity index (χ3n) is 5.78. The molecule has 4 rings (SSSR count). The maximum absolute atomic E-state index is 12.1. The maximum Gasteiger partial charge on any atom is 0.309 e. The number of aryl methyl sites for hydroxylation is 3.